The highest BCUT2D eigenvalue weighted by atomic mass is 19.1. The van der Waals surface area contributed by atoms with Crippen molar-refractivity contribution in [3.63, 3.8) is 0 Å². The molecule has 0 unspecified atom stereocenters. The van der Waals surface area contributed by atoms with E-state index in [1.807, 2.05) is 6.07 Å². The summed E-state index contributed by atoms with van der Waals surface area (Å²) in [4.78, 5) is 29.7. The van der Waals surface area contributed by atoms with Crippen LogP contribution in [0.1, 0.15) is 29.3 Å². The zero-order chi connectivity index (χ0) is 17.4. The van der Waals surface area contributed by atoms with Crippen LogP contribution in [0.25, 0.3) is 0 Å². The number of pyridine rings is 1. The Morgan fingerprint density at radius 3 is 2.75 bits per heavy atom. The highest BCUT2D eigenvalue weighted by Gasteiger charge is 2.18. The van der Waals surface area contributed by atoms with Crippen LogP contribution in [0, 0.1) is 5.82 Å². The average Bonchev–Trinajstić information content (AvgIpc) is 2.59. The Morgan fingerprint density at radius 1 is 1.25 bits per heavy atom. The van der Waals surface area contributed by atoms with E-state index in [1.165, 1.54) is 23.1 Å². The van der Waals surface area contributed by atoms with Crippen LogP contribution in [0.3, 0.4) is 0 Å². The first kappa shape index (κ1) is 17.6. The third-order valence-electron chi connectivity index (χ3n) is 3.35. The van der Waals surface area contributed by atoms with E-state index >= 15 is 0 Å². The van der Waals surface area contributed by atoms with Crippen LogP contribution in [0.5, 0.6) is 0 Å². The smallest absolute Gasteiger partial charge is 0.307 e. The molecule has 24 heavy (non-hydrogen) atoms. The monoisotopic (exact) mass is 330 g/mol. The zero-order valence-corrected chi connectivity index (χ0v) is 13.4. The second-order valence-corrected chi connectivity index (χ2v) is 5.15. The summed E-state index contributed by atoms with van der Waals surface area (Å²) in [5.74, 6) is -1.20. The Hall–Kier alpha value is -2.76. The number of nitrogens with zero attached hydrogens (tertiary/aromatic N) is 2. The first-order chi connectivity index (χ1) is 11.6. The van der Waals surface area contributed by atoms with Crippen LogP contribution in [-0.2, 0) is 16.1 Å². The van der Waals surface area contributed by atoms with Gasteiger partial charge in [-0.1, -0.05) is 12.1 Å². The second-order valence-electron chi connectivity index (χ2n) is 5.15. The number of rotatable bonds is 7. The van der Waals surface area contributed by atoms with Crippen molar-refractivity contribution >= 4 is 11.9 Å². The number of esters is 1. The Balaban J connectivity index is 2.14. The molecule has 0 saturated heterocycles. The van der Waals surface area contributed by atoms with Crippen molar-refractivity contribution in [1.82, 2.24) is 9.88 Å². The summed E-state index contributed by atoms with van der Waals surface area (Å²) in [6.07, 6.45) is 3.37. The van der Waals surface area contributed by atoms with Crippen LogP contribution in [0.4, 0.5) is 4.39 Å². The minimum atomic E-state index is -0.479. The van der Waals surface area contributed by atoms with Gasteiger partial charge in [0, 0.05) is 31.0 Å². The molecular weight excluding hydrogens is 311 g/mol. The molecule has 1 aromatic carbocycles. The Morgan fingerprint density at radius 2 is 2.08 bits per heavy atom. The van der Waals surface area contributed by atoms with Gasteiger partial charge < -0.3 is 9.64 Å². The molecule has 0 N–H and O–H groups in total. The van der Waals surface area contributed by atoms with Gasteiger partial charge >= 0.3 is 5.97 Å². The summed E-state index contributed by atoms with van der Waals surface area (Å²) in [6, 6.07) is 9.10. The fourth-order valence-corrected chi connectivity index (χ4v) is 2.23. The Bertz CT molecular complexity index is 692. The predicted molar refractivity (Wildman–Crippen MR) is 86.6 cm³/mol. The number of benzene rings is 1. The number of carbonyl (C=O) groups excluding carboxylic acids is 2. The first-order valence-electron chi connectivity index (χ1n) is 7.69. The predicted octanol–water partition coefficient (Wildman–Crippen LogP) is 2.82. The van der Waals surface area contributed by atoms with Crippen LogP contribution in [0.2, 0.25) is 0 Å². The summed E-state index contributed by atoms with van der Waals surface area (Å²) in [6.45, 7) is 2.48. The van der Waals surface area contributed by atoms with E-state index in [1.54, 1.807) is 31.5 Å². The largest absolute Gasteiger partial charge is 0.466 e. The molecule has 0 bridgehead atoms. The third-order valence-corrected chi connectivity index (χ3v) is 3.35. The van der Waals surface area contributed by atoms with Gasteiger partial charge in [-0.2, -0.15) is 0 Å². The molecule has 6 heteroatoms. The summed E-state index contributed by atoms with van der Waals surface area (Å²) < 4.78 is 18.3. The molecule has 126 valence electrons. The lowest BCUT2D eigenvalue weighted by Gasteiger charge is -2.22. The zero-order valence-electron chi connectivity index (χ0n) is 13.4. The minimum Gasteiger partial charge on any atom is -0.466 e. The number of hydrogen-bond donors (Lipinski definition) is 0. The van der Waals surface area contributed by atoms with Crippen molar-refractivity contribution in [1.29, 1.82) is 0 Å². The fourth-order valence-electron chi connectivity index (χ4n) is 2.23. The van der Waals surface area contributed by atoms with Crippen molar-refractivity contribution in [3.05, 3.63) is 65.7 Å². The van der Waals surface area contributed by atoms with E-state index in [0.717, 1.165) is 5.56 Å². The molecule has 0 spiro atoms. The van der Waals surface area contributed by atoms with Crippen molar-refractivity contribution < 1.29 is 18.7 Å². The molecule has 0 atom stereocenters. The van der Waals surface area contributed by atoms with Crippen molar-refractivity contribution in [2.24, 2.45) is 0 Å². The molecule has 2 aromatic rings. The van der Waals surface area contributed by atoms with Gasteiger partial charge in [-0.3, -0.25) is 14.6 Å². The van der Waals surface area contributed by atoms with Gasteiger partial charge in [-0.25, -0.2) is 4.39 Å². The molecule has 1 aromatic heterocycles. The summed E-state index contributed by atoms with van der Waals surface area (Å²) in [5, 5.41) is 0. The van der Waals surface area contributed by atoms with Gasteiger partial charge in [-0.15, -0.1) is 0 Å². The van der Waals surface area contributed by atoms with Gasteiger partial charge in [0.2, 0.25) is 0 Å². The summed E-state index contributed by atoms with van der Waals surface area (Å²) in [5.41, 5.74) is 1.06. The van der Waals surface area contributed by atoms with Crippen molar-refractivity contribution in [2.75, 3.05) is 13.2 Å². The average molecular weight is 330 g/mol. The Kier molecular flexibility index (Phi) is 6.42. The fraction of sp³-hybridized carbons (Fsp3) is 0.278. The first-order valence-corrected chi connectivity index (χ1v) is 7.69. The maximum absolute atomic E-state index is 13.4. The second kappa shape index (κ2) is 8.76. The van der Waals surface area contributed by atoms with Crippen molar-refractivity contribution in [2.45, 2.75) is 19.9 Å². The SMILES string of the molecule is CCOC(=O)CCN(Cc1cccnc1)C(=O)c1cccc(F)c1. The van der Waals surface area contributed by atoms with Crippen LogP contribution in [-0.4, -0.2) is 34.9 Å². The maximum Gasteiger partial charge on any atom is 0.307 e. The number of halogens is 1. The highest BCUT2D eigenvalue weighted by Crippen LogP contribution is 2.12. The molecule has 1 heterocycles. The summed E-state index contributed by atoms with van der Waals surface area (Å²) in [7, 11) is 0. The molecule has 1 amide bonds. The third kappa shape index (κ3) is 5.15. The molecular formula is C18H19FN2O3. The van der Waals surface area contributed by atoms with E-state index in [4.69, 9.17) is 4.74 Å². The molecule has 0 fully saturated rings. The molecule has 0 aliphatic rings. The van der Waals surface area contributed by atoms with Gasteiger partial charge in [0.1, 0.15) is 5.82 Å². The lowest BCUT2D eigenvalue weighted by Crippen LogP contribution is -2.33. The number of carbonyl (C=O) groups is 2. The van der Waals surface area contributed by atoms with E-state index < -0.39 is 5.82 Å². The van der Waals surface area contributed by atoms with Crippen LogP contribution < -0.4 is 0 Å². The van der Waals surface area contributed by atoms with E-state index in [-0.39, 0.29) is 37.0 Å². The minimum absolute atomic E-state index is 0.0785. The van der Waals surface area contributed by atoms with E-state index in [0.29, 0.717) is 6.61 Å². The quantitative estimate of drug-likeness (QED) is 0.733. The van der Waals surface area contributed by atoms with Gasteiger partial charge in [-0.05, 0) is 36.8 Å². The molecule has 0 saturated carbocycles. The topological polar surface area (TPSA) is 59.5 Å². The maximum atomic E-state index is 13.4. The number of ether oxygens (including phenoxy) is 1. The lowest BCUT2D eigenvalue weighted by atomic mass is 10.1. The highest BCUT2D eigenvalue weighted by molar-refractivity contribution is 5.94. The normalized spacial score (nSPS) is 10.2. The standard InChI is InChI=1S/C18H19FN2O3/c1-2-24-17(22)8-10-21(13-14-5-4-9-20-12-14)18(23)15-6-3-7-16(19)11-15/h3-7,9,11-12H,2,8,10,13H2,1H3. The Labute approximate surface area is 140 Å². The van der Waals surface area contributed by atoms with Crippen LogP contribution >= 0.6 is 0 Å². The lowest BCUT2D eigenvalue weighted by molar-refractivity contribution is -0.143. The van der Waals surface area contributed by atoms with E-state index in [9.17, 15) is 14.0 Å². The molecule has 2 rings (SSSR count). The van der Waals surface area contributed by atoms with Gasteiger partial charge in [0.25, 0.3) is 5.91 Å². The summed E-state index contributed by atoms with van der Waals surface area (Å²) >= 11 is 0. The molecule has 5 nitrogen and oxygen atoms in total. The van der Waals surface area contributed by atoms with E-state index in [2.05, 4.69) is 4.98 Å². The molecule has 0 aliphatic heterocycles. The molecule has 0 radical (unpaired) electrons. The molecule has 0 aliphatic carbocycles. The van der Waals surface area contributed by atoms with Crippen LogP contribution in [0.15, 0.2) is 48.8 Å². The number of amides is 1. The number of aromatic nitrogens is 1. The van der Waals surface area contributed by atoms with Gasteiger partial charge in [0.15, 0.2) is 0 Å². The van der Waals surface area contributed by atoms with Gasteiger partial charge in [0.05, 0.1) is 13.0 Å². The number of hydrogen-bond acceptors (Lipinski definition) is 4. The van der Waals surface area contributed by atoms with Crippen molar-refractivity contribution in [3.8, 4) is 0 Å².